The molecule has 3 saturated heterocycles. The Morgan fingerprint density at radius 1 is 1.04 bits per heavy atom. The summed E-state index contributed by atoms with van der Waals surface area (Å²) in [5.41, 5.74) is 4.21. The van der Waals surface area contributed by atoms with Crippen molar-refractivity contribution < 1.29 is 0 Å². The fourth-order valence-electron chi connectivity index (χ4n) is 4.74. The summed E-state index contributed by atoms with van der Waals surface area (Å²) in [6.45, 7) is 11.3. The van der Waals surface area contributed by atoms with E-state index >= 15 is 0 Å². The number of piperidine rings is 1. The largest absolute Gasteiger partial charge is 0.297 e. The Hall–Kier alpha value is -1.65. The van der Waals surface area contributed by atoms with Gasteiger partial charge in [0.15, 0.2) is 0 Å². The molecule has 0 amide bonds. The van der Waals surface area contributed by atoms with Crippen LogP contribution >= 0.6 is 0 Å². The third-order valence-corrected chi connectivity index (χ3v) is 6.17. The Kier molecular flexibility index (Phi) is 5.41. The normalized spacial score (nSPS) is 24.1. The molecule has 2 aromatic rings. The van der Waals surface area contributed by atoms with Gasteiger partial charge in [-0.3, -0.25) is 14.5 Å². The number of aryl methyl sites for hydroxylation is 1. The van der Waals surface area contributed by atoms with Crippen LogP contribution in [0.3, 0.4) is 0 Å². The van der Waals surface area contributed by atoms with E-state index in [-0.39, 0.29) is 0 Å². The molecule has 140 valence electrons. The number of rotatable bonds is 6. The minimum Gasteiger partial charge on any atom is -0.297 e. The third kappa shape index (κ3) is 3.86. The van der Waals surface area contributed by atoms with Crippen LogP contribution in [0.5, 0.6) is 0 Å². The van der Waals surface area contributed by atoms with Crippen LogP contribution in [0.2, 0.25) is 0 Å². The van der Waals surface area contributed by atoms with Gasteiger partial charge in [0.1, 0.15) is 0 Å². The van der Waals surface area contributed by atoms with E-state index in [0.717, 1.165) is 32.0 Å². The molecule has 1 aromatic carbocycles. The van der Waals surface area contributed by atoms with Crippen LogP contribution in [0.15, 0.2) is 36.5 Å². The van der Waals surface area contributed by atoms with Crippen LogP contribution in [0.4, 0.5) is 0 Å². The molecule has 0 N–H and O–H groups in total. The first-order valence-electron chi connectivity index (χ1n) is 10.2. The SMILES string of the molecule is CCCn1ncc(CN2C[C@H]3CC[C@@H]2CN(Cc2ccccc2)C3)c1C. The van der Waals surface area contributed by atoms with Crippen molar-refractivity contribution in [2.24, 2.45) is 5.92 Å². The highest BCUT2D eigenvalue weighted by Gasteiger charge is 2.34. The van der Waals surface area contributed by atoms with E-state index in [1.54, 1.807) is 0 Å². The highest BCUT2D eigenvalue weighted by atomic mass is 15.3. The molecule has 4 nitrogen and oxygen atoms in total. The monoisotopic (exact) mass is 352 g/mol. The van der Waals surface area contributed by atoms with E-state index in [0.29, 0.717) is 6.04 Å². The minimum absolute atomic E-state index is 0.686. The van der Waals surface area contributed by atoms with Gasteiger partial charge in [-0.15, -0.1) is 0 Å². The Labute approximate surface area is 157 Å². The van der Waals surface area contributed by atoms with Gasteiger partial charge in [0.05, 0.1) is 6.20 Å². The molecule has 5 rings (SSSR count). The van der Waals surface area contributed by atoms with Gasteiger partial charge in [0, 0.05) is 56.6 Å². The number of hydrogen-bond donors (Lipinski definition) is 0. The van der Waals surface area contributed by atoms with Crippen LogP contribution in [0, 0.1) is 12.8 Å². The lowest BCUT2D eigenvalue weighted by atomic mass is 9.94. The molecular weight excluding hydrogens is 320 g/mol. The zero-order chi connectivity index (χ0) is 17.9. The topological polar surface area (TPSA) is 24.3 Å². The quantitative estimate of drug-likeness (QED) is 0.792. The summed E-state index contributed by atoms with van der Waals surface area (Å²) in [4.78, 5) is 5.42. The highest BCUT2D eigenvalue weighted by Crippen LogP contribution is 2.30. The summed E-state index contributed by atoms with van der Waals surface area (Å²) < 4.78 is 2.17. The molecule has 0 unspecified atom stereocenters. The second-order valence-corrected chi connectivity index (χ2v) is 8.18. The van der Waals surface area contributed by atoms with Crippen molar-refractivity contribution in [1.82, 2.24) is 19.6 Å². The van der Waals surface area contributed by atoms with Gasteiger partial charge in [-0.2, -0.15) is 5.10 Å². The number of aromatic nitrogens is 2. The molecule has 2 atom stereocenters. The van der Waals surface area contributed by atoms with Crippen LogP contribution in [0.25, 0.3) is 0 Å². The van der Waals surface area contributed by atoms with Crippen molar-refractivity contribution in [3.63, 3.8) is 0 Å². The summed E-state index contributed by atoms with van der Waals surface area (Å²) in [6, 6.07) is 11.6. The van der Waals surface area contributed by atoms with E-state index in [2.05, 4.69) is 70.0 Å². The second kappa shape index (κ2) is 7.93. The van der Waals surface area contributed by atoms with Crippen molar-refractivity contribution in [2.75, 3.05) is 19.6 Å². The Morgan fingerprint density at radius 2 is 1.88 bits per heavy atom. The van der Waals surface area contributed by atoms with Crippen molar-refractivity contribution in [1.29, 1.82) is 0 Å². The summed E-state index contributed by atoms with van der Waals surface area (Å²) in [7, 11) is 0. The lowest BCUT2D eigenvalue weighted by molar-refractivity contribution is 0.123. The van der Waals surface area contributed by atoms with E-state index in [1.807, 2.05) is 0 Å². The van der Waals surface area contributed by atoms with Crippen LogP contribution in [-0.2, 0) is 19.6 Å². The standard InChI is InChI=1S/C22H32N4/c1-3-11-26-18(2)21(12-23-26)16-25-15-20-9-10-22(25)17-24(14-20)13-19-7-5-4-6-8-19/h4-8,12,20,22H,3,9-11,13-17H2,1-2H3/t20-,22+/m0/s1. The molecule has 3 aliphatic rings. The van der Waals surface area contributed by atoms with Gasteiger partial charge < -0.3 is 0 Å². The lowest BCUT2D eigenvalue weighted by Gasteiger charge is -2.36. The molecule has 3 aliphatic heterocycles. The van der Waals surface area contributed by atoms with Crippen molar-refractivity contribution in [3.8, 4) is 0 Å². The fourth-order valence-corrected chi connectivity index (χ4v) is 4.74. The predicted molar refractivity (Wildman–Crippen MR) is 106 cm³/mol. The molecule has 0 radical (unpaired) electrons. The first kappa shape index (κ1) is 17.7. The van der Waals surface area contributed by atoms with Crippen molar-refractivity contribution in [2.45, 2.75) is 58.8 Å². The second-order valence-electron chi connectivity index (χ2n) is 8.18. The summed E-state index contributed by atoms with van der Waals surface area (Å²) in [5.74, 6) is 0.809. The summed E-state index contributed by atoms with van der Waals surface area (Å²) >= 11 is 0. The molecule has 4 heteroatoms. The Bertz CT molecular complexity index is 708. The molecule has 0 saturated carbocycles. The first-order chi connectivity index (χ1) is 12.7. The van der Waals surface area contributed by atoms with Crippen molar-refractivity contribution >= 4 is 0 Å². The van der Waals surface area contributed by atoms with Crippen LogP contribution in [-0.4, -0.2) is 45.3 Å². The number of hydrogen-bond acceptors (Lipinski definition) is 3. The molecule has 26 heavy (non-hydrogen) atoms. The number of nitrogens with zero attached hydrogens (tertiary/aromatic N) is 4. The molecule has 2 bridgehead atoms. The maximum absolute atomic E-state index is 4.61. The first-order valence-corrected chi connectivity index (χ1v) is 10.2. The number of benzene rings is 1. The third-order valence-electron chi connectivity index (χ3n) is 6.17. The lowest BCUT2D eigenvalue weighted by Crippen LogP contribution is -2.43. The van der Waals surface area contributed by atoms with E-state index in [9.17, 15) is 0 Å². The van der Waals surface area contributed by atoms with Gasteiger partial charge in [0.2, 0.25) is 0 Å². The number of fused-ring (bicyclic) bond motifs is 4. The van der Waals surface area contributed by atoms with Crippen LogP contribution < -0.4 is 0 Å². The molecule has 1 aromatic heterocycles. The van der Waals surface area contributed by atoms with E-state index in [1.165, 1.54) is 49.3 Å². The molecule has 4 heterocycles. The van der Waals surface area contributed by atoms with Gasteiger partial charge >= 0.3 is 0 Å². The minimum atomic E-state index is 0.686. The van der Waals surface area contributed by atoms with Gasteiger partial charge in [-0.1, -0.05) is 37.3 Å². The van der Waals surface area contributed by atoms with E-state index < -0.39 is 0 Å². The molecule has 3 fully saturated rings. The van der Waals surface area contributed by atoms with Crippen LogP contribution in [0.1, 0.15) is 43.0 Å². The highest BCUT2D eigenvalue weighted by molar-refractivity contribution is 5.17. The zero-order valence-electron chi connectivity index (χ0n) is 16.3. The van der Waals surface area contributed by atoms with Gasteiger partial charge in [-0.25, -0.2) is 0 Å². The molecule has 0 spiro atoms. The fraction of sp³-hybridized carbons (Fsp3) is 0.591. The summed E-state index contributed by atoms with van der Waals surface area (Å²) in [5, 5.41) is 4.61. The van der Waals surface area contributed by atoms with Crippen molar-refractivity contribution in [3.05, 3.63) is 53.3 Å². The van der Waals surface area contributed by atoms with E-state index in [4.69, 9.17) is 0 Å². The van der Waals surface area contributed by atoms with Gasteiger partial charge in [-0.05, 0) is 37.7 Å². The molecule has 0 aliphatic carbocycles. The predicted octanol–water partition coefficient (Wildman–Crippen LogP) is 3.70. The van der Waals surface area contributed by atoms with Gasteiger partial charge in [0.25, 0.3) is 0 Å². The maximum Gasteiger partial charge on any atom is 0.0537 e. The Morgan fingerprint density at radius 3 is 2.69 bits per heavy atom. The molecular formula is C22H32N4. The zero-order valence-corrected chi connectivity index (χ0v) is 16.3. The smallest absolute Gasteiger partial charge is 0.0537 e. The Balaban J connectivity index is 1.43. The maximum atomic E-state index is 4.61. The summed E-state index contributed by atoms with van der Waals surface area (Å²) in [6.07, 6.45) is 5.98. The average molecular weight is 353 g/mol. The average Bonchev–Trinajstić information content (AvgIpc) is 2.82.